The molecule has 0 unspecified atom stereocenters. The Balaban J connectivity index is 1.80. The van der Waals surface area contributed by atoms with Gasteiger partial charge in [0.05, 0.1) is 0 Å². The molecule has 0 heterocycles. The summed E-state index contributed by atoms with van der Waals surface area (Å²) in [5.74, 6) is -0.180. The average Bonchev–Trinajstić information content (AvgIpc) is 3.10. The summed E-state index contributed by atoms with van der Waals surface area (Å²) in [6, 6.07) is 33.5. The number of fused-ring (bicyclic) bond motifs is 2. The summed E-state index contributed by atoms with van der Waals surface area (Å²) in [5, 5.41) is 4.02. The van der Waals surface area contributed by atoms with Crippen LogP contribution in [0.2, 0.25) is 0 Å². The molecule has 6 aromatic carbocycles. The van der Waals surface area contributed by atoms with Gasteiger partial charge in [0.15, 0.2) is 0 Å². The van der Waals surface area contributed by atoms with Crippen LogP contribution >= 0.6 is 7.28 Å². The third kappa shape index (κ3) is 8.06. The summed E-state index contributed by atoms with van der Waals surface area (Å²) in [4.78, 5) is 54.3. The maximum atomic E-state index is 14.9. The normalized spacial score (nSPS) is 14.1. The molecule has 0 aliphatic rings. The van der Waals surface area contributed by atoms with Crippen molar-refractivity contribution in [2.24, 2.45) is 0 Å². The molecule has 5 heteroatoms. The first-order chi connectivity index (χ1) is 26.4. The van der Waals surface area contributed by atoms with Gasteiger partial charge in [0.25, 0.3) is 0 Å². The Morgan fingerprint density at radius 3 is 1.40 bits per heavy atom. The van der Waals surface area contributed by atoms with Crippen LogP contribution in [-0.4, -0.2) is 20.5 Å². The van der Waals surface area contributed by atoms with Crippen LogP contribution in [0.1, 0.15) is 148 Å². The molecule has 306 valence electrons. The van der Waals surface area contributed by atoms with E-state index >= 15 is 0 Å². The standard InChI is InChI=1S/C53H65O4P/c1-49(2,3)38-23-21-34-29-41(42(51(7,8)9)30-36(34)27-38)46-40(48(54)33-19-17-16-18-20-33)25-26-44(47(46)53(13,14)15)58(55,56,57)45-32-35-22-24-39(50(4,5)6)28-37(35)31-43(45)52(10,11)12/h16-32,55-57H,1-15H3. The van der Waals surface area contributed by atoms with Gasteiger partial charge in [-0.15, -0.1) is 0 Å². The molecule has 0 bridgehead atoms. The number of ketones is 1. The molecule has 0 atom stereocenters. The van der Waals surface area contributed by atoms with E-state index in [0.717, 1.165) is 32.7 Å². The number of carbonyl (C=O) groups excluding carboxylic acids is 1. The summed E-state index contributed by atoms with van der Waals surface area (Å²) in [6.45, 7) is 31.8. The fourth-order valence-corrected chi connectivity index (χ4v) is 11.0. The van der Waals surface area contributed by atoms with Crippen LogP contribution in [0.25, 0.3) is 32.7 Å². The first-order valence-corrected chi connectivity index (χ1v) is 22.7. The van der Waals surface area contributed by atoms with E-state index in [2.05, 4.69) is 105 Å². The van der Waals surface area contributed by atoms with Crippen molar-refractivity contribution >= 4 is 45.2 Å². The fraction of sp³-hybridized carbons (Fsp3) is 0.377. The zero-order valence-electron chi connectivity index (χ0n) is 37.5. The molecular formula is C53H65O4P. The molecule has 0 aliphatic heterocycles. The summed E-state index contributed by atoms with van der Waals surface area (Å²) in [5.41, 5.74) is 5.10. The fourth-order valence-electron chi connectivity index (χ4n) is 8.32. The average molecular weight is 797 g/mol. The first kappa shape index (κ1) is 43.4. The third-order valence-corrected chi connectivity index (χ3v) is 14.2. The molecule has 6 aromatic rings. The Morgan fingerprint density at radius 2 is 0.931 bits per heavy atom. The monoisotopic (exact) mass is 796 g/mol. The zero-order chi connectivity index (χ0) is 43.2. The van der Waals surface area contributed by atoms with E-state index in [0.29, 0.717) is 27.8 Å². The van der Waals surface area contributed by atoms with Crippen molar-refractivity contribution in [2.45, 2.75) is 131 Å². The topological polar surface area (TPSA) is 77.8 Å². The molecule has 4 nitrogen and oxygen atoms in total. The summed E-state index contributed by atoms with van der Waals surface area (Å²) in [6.07, 6.45) is 0. The molecule has 0 radical (unpaired) electrons. The predicted octanol–water partition coefficient (Wildman–Crippen LogP) is 12.6. The Bertz CT molecular complexity index is 2570. The van der Waals surface area contributed by atoms with Crippen molar-refractivity contribution in [1.29, 1.82) is 0 Å². The van der Waals surface area contributed by atoms with E-state index in [9.17, 15) is 19.5 Å². The Kier molecular flexibility index (Phi) is 10.4. The van der Waals surface area contributed by atoms with Gasteiger partial charge in [0, 0.05) is 0 Å². The first-order valence-electron chi connectivity index (χ1n) is 20.6. The summed E-state index contributed by atoms with van der Waals surface area (Å²) < 4.78 is 0. The third-order valence-electron chi connectivity index (χ3n) is 11.7. The van der Waals surface area contributed by atoms with Crippen LogP contribution in [-0.2, 0) is 27.1 Å². The van der Waals surface area contributed by atoms with E-state index in [4.69, 9.17) is 0 Å². The van der Waals surface area contributed by atoms with Crippen LogP contribution < -0.4 is 10.6 Å². The second kappa shape index (κ2) is 14.0. The number of carbonyl (C=O) groups is 1. The van der Waals surface area contributed by atoms with Gasteiger partial charge in [-0.05, 0) is 0 Å². The Morgan fingerprint density at radius 1 is 0.448 bits per heavy atom. The molecule has 0 fully saturated rings. The maximum absolute atomic E-state index is 14.9. The Labute approximate surface area is 347 Å². The molecule has 0 aliphatic carbocycles. The SMILES string of the molecule is CC(C)(C)c1ccc2cc(-c3c(C(=O)c4ccccc4)ccc(P(O)(O)(O)c4cc5ccc(C(C)(C)C)cc5cc4C(C)(C)C)c3C(C)(C)C)c(C(C)(C)C)cc2c1. The van der Waals surface area contributed by atoms with E-state index in [1.807, 2.05) is 84.0 Å². The van der Waals surface area contributed by atoms with Crippen molar-refractivity contribution in [2.75, 3.05) is 0 Å². The molecule has 6 rings (SSSR count). The van der Waals surface area contributed by atoms with Gasteiger partial charge in [-0.1, -0.05) is 0 Å². The second-order valence-corrected chi connectivity index (χ2v) is 24.6. The minimum atomic E-state index is -6.02. The Hall–Kier alpha value is -4.18. The minimum absolute atomic E-state index is 0.0392. The van der Waals surface area contributed by atoms with Gasteiger partial charge in [0.1, 0.15) is 0 Å². The van der Waals surface area contributed by atoms with Crippen molar-refractivity contribution < 1.29 is 19.5 Å². The molecule has 3 N–H and O–H groups in total. The van der Waals surface area contributed by atoms with E-state index in [-0.39, 0.29) is 32.6 Å². The van der Waals surface area contributed by atoms with E-state index in [1.54, 1.807) is 18.2 Å². The predicted molar refractivity (Wildman–Crippen MR) is 250 cm³/mol. The van der Waals surface area contributed by atoms with Crippen LogP contribution in [0.4, 0.5) is 0 Å². The van der Waals surface area contributed by atoms with Gasteiger partial charge in [-0.25, -0.2) is 0 Å². The molecule has 0 spiro atoms. The quantitative estimate of drug-likeness (QED) is 0.120. The van der Waals surface area contributed by atoms with Crippen LogP contribution in [0.3, 0.4) is 0 Å². The summed E-state index contributed by atoms with van der Waals surface area (Å²) in [7, 11) is -6.02. The molecule has 0 aromatic heterocycles. The number of hydrogen-bond donors (Lipinski definition) is 3. The molecule has 0 saturated carbocycles. The van der Waals surface area contributed by atoms with Crippen molar-refractivity contribution in [3.05, 3.63) is 142 Å². The summed E-state index contributed by atoms with van der Waals surface area (Å²) >= 11 is 0. The second-order valence-electron chi connectivity index (χ2n) is 21.7. The van der Waals surface area contributed by atoms with E-state index < -0.39 is 18.1 Å². The molecular weight excluding hydrogens is 732 g/mol. The zero-order valence-corrected chi connectivity index (χ0v) is 38.4. The van der Waals surface area contributed by atoms with Crippen LogP contribution in [0.5, 0.6) is 0 Å². The molecule has 0 amide bonds. The van der Waals surface area contributed by atoms with E-state index in [1.165, 1.54) is 11.1 Å². The van der Waals surface area contributed by atoms with Crippen LogP contribution in [0.15, 0.2) is 103 Å². The van der Waals surface area contributed by atoms with Gasteiger partial charge < -0.3 is 0 Å². The van der Waals surface area contributed by atoms with Gasteiger partial charge in [0.2, 0.25) is 0 Å². The van der Waals surface area contributed by atoms with Crippen molar-refractivity contribution in [1.82, 2.24) is 0 Å². The molecule has 0 saturated heterocycles. The van der Waals surface area contributed by atoms with Gasteiger partial charge in [-0.2, -0.15) is 0 Å². The van der Waals surface area contributed by atoms with Gasteiger partial charge in [-0.3, -0.25) is 0 Å². The number of benzene rings is 6. The van der Waals surface area contributed by atoms with Crippen molar-refractivity contribution in [3.8, 4) is 11.1 Å². The van der Waals surface area contributed by atoms with Crippen molar-refractivity contribution in [3.63, 3.8) is 0 Å². The molecule has 58 heavy (non-hydrogen) atoms. The van der Waals surface area contributed by atoms with Gasteiger partial charge >= 0.3 is 349 Å². The number of hydrogen-bond acceptors (Lipinski definition) is 4. The van der Waals surface area contributed by atoms with Crippen LogP contribution in [0, 0.1) is 0 Å². The number of rotatable bonds is 5.